The van der Waals surface area contributed by atoms with E-state index in [9.17, 15) is 4.79 Å². The van der Waals surface area contributed by atoms with Crippen LogP contribution in [0.2, 0.25) is 0 Å². The van der Waals surface area contributed by atoms with Gasteiger partial charge in [0.05, 0.1) is 18.2 Å². The second kappa shape index (κ2) is 6.08. The number of nitrogens with one attached hydrogen (secondary N) is 1. The summed E-state index contributed by atoms with van der Waals surface area (Å²) in [6.45, 7) is 8.25. The minimum Gasteiger partial charge on any atom is -0.383 e. The van der Waals surface area contributed by atoms with Crippen LogP contribution >= 0.6 is 0 Å². The number of methoxy groups -OCH3 is 1. The van der Waals surface area contributed by atoms with E-state index in [-0.39, 0.29) is 11.9 Å². The topological polar surface area (TPSA) is 64.4 Å². The lowest BCUT2D eigenvalue weighted by Crippen LogP contribution is -2.55. The van der Waals surface area contributed by atoms with Gasteiger partial charge in [-0.2, -0.15) is 0 Å². The van der Waals surface area contributed by atoms with Gasteiger partial charge >= 0.3 is 0 Å². The van der Waals surface area contributed by atoms with Gasteiger partial charge in [0.2, 0.25) is 5.91 Å². The Hall–Kier alpha value is -0.610. The molecule has 0 aliphatic carbocycles. The Morgan fingerprint density at radius 3 is 2.40 bits per heavy atom. The zero-order valence-corrected chi connectivity index (χ0v) is 10.5. The average Bonchev–Trinajstić information content (AvgIpc) is 2.16. The van der Waals surface area contributed by atoms with Crippen LogP contribution < -0.4 is 11.1 Å². The van der Waals surface area contributed by atoms with Crippen LogP contribution in [0.1, 0.15) is 34.1 Å². The smallest absolute Gasteiger partial charge is 0.240 e. The van der Waals surface area contributed by atoms with E-state index in [4.69, 9.17) is 10.5 Å². The highest BCUT2D eigenvalue weighted by molar-refractivity contribution is 5.85. The second-order valence-electron chi connectivity index (χ2n) is 4.55. The van der Waals surface area contributed by atoms with Crippen molar-refractivity contribution in [2.75, 3.05) is 13.7 Å². The normalized spacial score (nSPS) is 17.3. The molecule has 0 aliphatic rings. The van der Waals surface area contributed by atoms with Crippen LogP contribution in [-0.4, -0.2) is 31.2 Å². The highest BCUT2D eigenvalue weighted by Gasteiger charge is 2.28. The van der Waals surface area contributed by atoms with Gasteiger partial charge in [-0.05, 0) is 19.3 Å². The minimum atomic E-state index is -0.791. The number of hydrogen-bond donors (Lipinski definition) is 2. The van der Waals surface area contributed by atoms with Gasteiger partial charge in [0.15, 0.2) is 0 Å². The van der Waals surface area contributed by atoms with Crippen molar-refractivity contribution in [1.29, 1.82) is 0 Å². The highest BCUT2D eigenvalue weighted by Crippen LogP contribution is 2.08. The van der Waals surface area contributed by atoms with Crippen LogP contribution in [0.5, 0.6) is 0 Å². The number of rotatable bonds is 6. The molecule has 3 N–H and O–H groups in total. The van der Waals surface area contributed by atoms with Crippen molar-refractivity contribution in [1.82, 2.24) is 5.32 Å². The summed E-state index contributed by atoms with van der Waals surface area (Å²) < 4.78 is 5.06. The zero-order chi connectivity index (χ0) is 12.1. The molecule has 0 saturated carbocycles. The van der Waals surface area contributed by atoms with Crippen molar-refractivity contribution in [2.45, 2.75) is 45.7 Å². The summed E-state index contributed by atoms with van der Waals surface area (Å²) in [4.78, 5) is 11.8. The number of hydrogen-bond acceptors (Lipinski definition) is 3. The molecule has 0 bridgehead atoms. The molecule has 0 aliphatic heterocycles. The first-order chi connectivity index (χ1) is 6.85. The van der Waals surface area contributed by atoms with Crippen LogP contribution in [0.15, 0.2) is 0 Å². The lowest BCUT2D eigenvalue weighted by atomic mass is 9.97. The van der Waals surface area contributed by atoms with Crippen molar-refractivity contribution in [3.63, 3.8) is 0 Å². The summed E-state index contributed by atoms with van der Waals surface area (Å²) in [5.41, 5.74) is 5.06. The molecule has 0 heterocycles. The molecule has 0 rings (SSSR count). The fraction of sp³-hybridized carbons (Fsp3) is 0.909. The Bertz CT molecular complexity index is 203. The Kier molecular flexibility index (Phi) is 5.83. The maximum atomic E-state index is 11.8. The molecule has 4 heteroatoms. The quantitative estimate of drug-likeness (QED) is 0.693. The lowest BCUT2D eigenvalue weighted by Gasteiger charge is -2.27. The Morgan fingerprint density at radius 2 is 2.07 bits per heavy atom. The molecule has 0 aromatic carbocycles. The molecule has 1 amide bonds. The maximum Gasteiger partial charge on any atom is 0.240 e. The molecule has 0 radical (unpaired) electrons. The Labute approximate surface area is 92.6 Å². The number of amides is 1. The molecule has 0 aromatic heterocycles. The third-order valence-corrected chi connectivity index (χ3v) is 2.72. The van der Waals surface area contributed by atoms with E-state index >= 15 is 0 Å². The summed E-state index contributed by atoms with van der Waals surface area (Å²) in [7, 11) is 1.63. The first kappa shape index (κ1) is 14.4. The van der Waals surface area contributed by atoms with Crippen LogP contribution in [0.3, 0.4) is 0 Å². The van der Waals surface area contributed by atoms with Gasteiger partial charge in [-0.15, -0.1) is 0 Å². The molecule has 0 fully saturated rings. The Morgan fingerprint density at radius 1 is 1.53 bits per heavy atom. The predicted octanol–water partition coefficient (Wildman–Crippen LogP) is 0.901. The van der Waals surface area contributed by atoms with Crippen LogP contribution in [0, 0.1) is 5.92 Å². The zero-order valence-electron chi connectivity index (χ0n) is 10.5. The van der Waals surface area contributed by atoms with Crippen LogP contribution in [0.25, 0.3) is 0 Å². The molecule has 2 unspecified atom stereocenters. The monoisotopic (exact) mass is 216 g/mol. The van der Waals surface area contributed by atoms with E-state index < -0.39 is 5.54 Å². The molecule has 2 atom stereocenters. The fourth-order valence-electron chi connectivity index (χ4n) is 1.07. The summed E-state index contributed by atoms with van der Waals surface area (Å²) in [5.74, 6) is 0.224. The van der Waals surface area contributed by atoms with Gasteiger partial charge in [-0.3, -0.25) is 4.79 Å². The van der Waals surface area contributed by atoms with Gasteiger partial charge in [0, 0.05) is 7.11 Å². The minimum absolute atomic E-state index is 0.0249. The number of nitrogens with two attached hydrogens (primary N) is 1. The molecular formula is C11H24N2O2. The second-order valence-corrected chi connectivity index (χ2v) is 4.55. The molecular weight excluding hydrogens is 192 g/mol. The molecule has 0 aromatic rings. The van der Waals surface area contributed by atoms with Crippen LogP contribution in [-0.2, 0) is 9.53 Å². The van der Waals surface area contributed by atoms with E-state index in [1.807, 2.05) is 20.8 Å². The van der Waals surface area contributed by atoms with Gasteiger partial charge < -0.3 is 15.8 Å². The first-order valence-electron chi connectivity index (χ1n) is 5.44. The van der Waals surface area contributed by atoms with Crippen molar-refractivity contribution in [2.24, 2.45) is 11.7 Å². The third kappa shape index (κ3) is 4.62. The molecule has 15 heavy (non-hydrogen) atoms. The van der Waals surface area contributed by atoms with Crippen LogP contribution in [0.4, 0.5) is 0 Å². The average molecular weight is 216 g/mol. The lowest BCUT2D eigenvalue weighted by molar-refractivity contribution is -0.127. The van der Waals surface area contributed by atoms with Crippen molar-refractivity contribution < 1.29 is 9.53 Å². The van der Waals surface area contributed by atoms with Crippen molar-refractivity contribution in [3.05, 3.63) is 0 Å². The highest BCUT2D eigenvalue weighted by atomic mass is 16.5. The molecule has 0 saturated heterocycles. The van der Waals surface area contributed by atoms with Gasteiger partial charge in [0.1, 0.15) is 0 Å². The van der Waals surface area contributed by atoms with Gasteiger partial charge in [-0.1, -0.05) is 20.8 Å². The van der Waals surface area contributed by atoms with E-state index in [0.717, 1.165) is 0 Å². The number of ether oxygens (including phenoxy) is 1. The van der Waals surface area contributed by atoms with E-state index in [1.54, 1.807) is 14.0 Å². The third-order valence-electron chi connectivity index (χ3n) is 2.72. The van der Waals surface area contributed by atoms with Gasteiger partial charge in [0.25, 0.3) is 0 Å². The number of carbonyl (C=O) groups excluding carboxylic acids is 1. The summed E-state index contributed by atoms with van der Waals surface area (Å²) in [6, 6.07) is 0.0249. The Balaban J connectivity index is 4.35. The van der Waals surface area contributed by atoms with E-state index in [0.29, 0.717) is 18.9 Å². The summed E-state index contributed by atoms with van der Waals surface area (Å²) in [5, 5.41) is 2.92. The summed E-state index contributed by atoms with van der Waals surface area (Å²) >= 11 is 0. The fourth-order valence-corrected chi connectivity index (χ4v) is 1.07. The largest absolute Gasteiger partial charge is 0.383 e. The summed E-state index contributed by atoms with van der Waals surface area (Å²) in [6.07, 6.45) is 0.622. The molecule has 90 valence electrons. The molecule has 4 nitrogen and oxygen atoms in total. The molecule has 0 spiro atoms. The predicted molar refractivity (Wildman–Crippen MR) is 61.5 cm³/mol. The number of carbonyl (C=O) groups is 1. The van der Waals surface area contributed by atoms with Gasteiger partial charge in [-0.25, -0.2) is 0 Å². The SMILES string of the molecule is CCC(C)(N)C(=O)NC(COC)C(C)C. The maximum absolute atomic E-state index is 11.8. The standard InChI is InChI=1S/C11H24N2O2/c1-6-11(4,12)10(14)13-9(7-15-5)8(2)3/h8-9H,6-7,12H2,1-5H3,(H,13,14). The van der Waals surface area contributed by atoms with E-state index in [1.165, 1.54) is 0 Å². The van der Waals surface area contributed by atoms with Crippen molar-refractivity contribution >= 4 is 5.91 Å². The van der Waals surface area contributed by atoms with Crippen molar-refractivity contribution in [3.8, 4) is 0 Å². The first-order valence-corrected chi connectivity index (χ1v) is 5.44. The van der Waals surface area contributed by atoms with E-state index in [2.05, 4.69) is 5.32 Å².